The molecule has 2 atom stereocenters. The SMILES string of the molecule is CCC1CS(=O)(=O)CC1C(C)C. The predicted octanol–water partition coefficient (Wildman–Crippen LogP) is 1.71. The van der Waals surface area contributed by atoms with Crippen LogP contribution in [-0.4, -0.2) is 19.9 Å². The molecule has 0 aromatic heterocycles. The van der Waals surface area contributed by atoms with E-state index in [0.29, 0.717) is 29.3 Å². The molecule has 2 nitrogen and oxygen atoms in total. The van der Waals surface area contributed by atoms with Gasteiger partial charge in [-0.1, -0.05) is 27.2 Å². The molecule has 0 aromatic carbocycles. The average Bonchev–Trinajstić information content (AvgIpc) is 2.25. The molecule has 72 valence electrons. The summed E-state index contributed by atoms with van der Waals surface area (Å²) in [5, 5.41) is 0. The Hall–Kier alpha value is -0.0500. The van der Waals surface area contributed by atoms with E-state index in [2.05, 4.69) is 20.8 Å². The van der Waals surface area contributed by atoms with Crippen LogP contribution >= 0.6 is 0 Å². The Morgan fingerprint density at radius 3 is 2.25 bits per heavy atom. The fourth-order valence-corrected chi connectivity index (χ4v) is 4.62. The summed E-state index contributed by atoms with van der Waals surface area (Å²) < 4.78 is 22.6. The van der Waals surface area contributed by atoms with E-state index in [-0.39, 0.29) is 0 Å². The largest absolute Gasteiger partial charge is 0.229 e. The van der Waals surface area contributed by atoms with Gasteiger partial charge in [-0.05, 0) is 17.8 Å². The molecule has 1 aliphatic heterocycles. The Balaban J connectivity index is 2.76. The van der Waals surface area contributed by atoms with Gasteiger partial charge in [-0.15, -0.1) is 0 Å². The van der Waals surface area contributed by atoms with Crippen LogP contribution in [0.3, 0.4) is 0 Å². The van der Waals surface area contributed by atoms with Crippen molar-refractivity contribution in [2.75, 3.05) is 11.5 Å². The summed E-state index contributed by atoms with van der Waals surface area (Å²) in [4.78, 5) is 0. The van der Waals surface area contributed by atoms with E-state index in [1.54, 1.807) is 0 Å². The average molecular weight is 190 g/mol. The van der Waals surface area contributed by atoms with Crippen LogP contribution in [0.25, 0.3) is 0 Å². The van der Waals surface area contributed by atoms with Crippen LogP contribution in [0.15, 0.2) is 0 Å². The quantitative estimate of drug-likeness (QED) is 0.664. The molecule has 12 heavy (non-hydrogen) atoms. The lowest BCUT2D eigenvalue weighted by atomic mass is 9.85. The molecule has 0 aliphatic carbocycles. The molecule has 1 fully saturated rings. The van der Waals surface area contributed by atoms with Crippen molar-refractivity contribution in [3.05, 3.63) is 0 Å². The summed E-state index contributed by atoms with van der Waals surface area (Å²) in [6, 6.07) is 0. The van der Waals surface area contributed by atoms with E-state index in [1.165, 1.54) is 0 Å². The highest BCUT2D eigenvalue weighted by Crippen LogP contribution is 2.33. The minimum absolute atomic E-state index is 0.403. The molecule has 0 saturated carbocycles. The fraction of sp³-hybridized carbons (Fsp3) is 1.00. The maximum absolute atomic E-state index is 11.3. The Labute approximate surface area is 75.3 Å². The zero-order chi connectivity index (χ0) is 9.35. The number of hydrogen-bond acceptors (Lipinski definition) is 2. The summed E-state index contributed by atoms with van der Waals surface area (Å²) >= 11 is 0. The van der Waals surface area contributed by atoms with Crippen molar-refractivity contribution in [1.82, 2.24) is 0 Å². The summed E-state index contributed by atoms with van der Waals surface area (Å²) in [5.41, 5.74) is 0. The maximum Gasteiger partial charge on any atom is 0.150 e. The van der Waals surface area contributed by atoms with Gasteiger partial charge in [-0.2, -0.15) is 0 Å². The van der Waals surface area contributed by atoms with Gasteiger partial charge in [0.25, 0.3) is 0 Å². The first-order valence-corrected chi connectivity index (χ1v) is 6.49. The van der Waals surface area contributed by atoms with Gasteiger partial charge in [0.1, 0.15) is 0 Å². The van der Waals surface area contributed by atoms with E-state index in [9.17, 15) is 8.42 Å². The van der Waals surface area contributed by atoms with E-state index in [4.69, 9.17) is 0 Å². The van der Waals surface area contributed by atoms with Crippen LogP contribution in [0.1, 0.15) is 27.2 Å². The second-order valence-corrected chi connectivity index (χ2v) is 6.31. The summed E-state index contributed by atoms with van der Waals surface area (Å²) in [6.07, 6.45) is 1.00. The molecular weight excluding hydrogens is 172 g/mol. The van der Waals surface area contributed by atoms with Gasteiger partial charge in [0.15, 0.2) is 9.84 Å². The Bertz CT molecular complexity index is 241. The van der Waals surface area contributed by atoms with E-state index in [1.807, 2.05) is 0 Å². The van der Waals surface area contributed by atoms with Crippen LogP contribution in [0.5, 0.6) is 0 Å². The lowest BCUT2D eigenvalue weighted by Crippen LogP contribution is -2.17. The molecule has 1 saturated heterocycles. The van der Waals surface area contributed by atoms with Gasteiger partial charge in [-0.25, -0.2) is 8.42 Å². The molecule has 0 aromatic rings. The molecule has 0 N–H and O–H groups in total. The third kappa shape index (κ3) is 2.00. The topological polar surface area (TPSA) is 34.1 Å². The van der Waals surface area contributed by atoms with Crippen LogP contribution < -0.4 is 0 Å². The van der Waals surface area contributed by atoms with Gasteiger partial charge in [0.05, 0.1) is 11.5 Å². The highest BCUT2D eigenvalue weighted by Gasteiger charge is 2.37. The molecule has 0 radical (unpaired) electrons. The van der Waals surface area contributed by atoms with Crippen LogP contribution in [-0.2, 0) is 9.84 Å². The van der Waals surface area contributed by atoms with Crippen molar-refractivity contribution in [2.45, 2.75) is 27.2 Å². The van der Waals surface area contributed by atoms with Crippen molar-refractivity contribution < 1.29 is 8.42 Å². The van der Waals surface area contributed by atoms with Crippen molar-refractivity contribution in [2.24, 2.45) is 17.8 Å². The second kappa shape index (κ2) is 3.36. The summed E-state index contributed by atoms with van der Waals surface area (Å²) in [6.45, 7) is 6.32. The van der Waals surface area contributed by atoms with Crippen molar-refractivity contribution in [3.8, 4) is 0 Å². The normalized spacial score (nSPS) is 34.3. The third-order valence-corrected chi connectivity index (χ3v) is 4.73. The molecule has 1 rings (SSSR count). The lowest BCUT2D eigenvalue weighted by Gasteiger charge is -2.19. The van der Waals surface area contributed by atoms with Gasteiger partial charge >= 0.3 is 0 Å². The molecule has 3 heteroatoms. The molecule has 0 spiro atoms. The highest BCUT2D eigenvalue weighted by atomic mass is 32.2. The highest BCUT2D eigenvalue weighted by molar-refractivity contribution is 7.91. The molecular formula is C9H18O2S. The number of hydrogen-bond donors (Lipinski definition) is 0. The maximum atomic E-state index is 11.3. The monoisotopic (exact) mass is 190 g/mol. The van der Waals surface area contributed by atoms with E-state index < -0.39 is 9.84 Å². The Morgan fingerprint density at radius 2 is 1.92 bits per heavy atom. The Morgan fingerprint density at radius 1 is 1.33 bits per heavy atom. The van der Waals surface area contributed by atoms with Crippen molar-refractivity contribution in [1.29, 1.82) is 0 Å². The first-order chi connectivity index (χ1) is 5.46. The first-order valence-electron chi connectivity index (χ1n) is 4.66. The first kappa shape index (κ1) is 10.0. The summed E-state index contributed by atoms with van der Waals surface area (Å²) in [5.74, 6) is 2.16. The van der Waals surface area contributed by atoms with Crippen LogP contribution in [0, 0.1) is 17.8 Å². The molecule has 0 bridgehead atoms. The zero-order valence-electron chi connectivity index (χ0n) is 8.08. The molecule has 2 unspecified atom stereocenters. The van der Waals surface area contributed by atoms with Gasteiger partial charge in [0.2, 0.25) is 0 Å². The van der Waals surface area contributed by atoms with Crippen molar-refractivity contribution >= 4 is 9.84 Å². The summed E-state index contributed by atoms with van der Waals surface area (Å²) in [7, 11) is -2.70. The number of sulfone groups is 1. The van der Waals surface area contributed by atoms with Crippen molar-refractivity contribution in [3.63, 3.8) is 0 Å². The minimum Gasteiger partial charge on any atom is -0.229 e. The number of rotatable bonds is 2. The second-order valence-electron chi connectivity index (χ2n) is 4.15. The van der Waals surface area contributed by atoms with Gasteiger partial charge in [0, 0.05) is 0 Å². The molecule has 1 heterocycles. The Kier molecular flexibility index (Phi) is 2.81. The third-order valence-electron chi connectivity index (χ3n) is 2.90. The smallest absolute Gasteiger partial charge is 0.150 e. The van der Waals surface area contributed by atoms with Crippen LogP contribution in [0.2, 0.25) is 0 Å². The predicted molar refractivity (Wildman–Crippen MR) is 50.8 cm³/mol. The fourth-order valence-electron chi connectivity index (χ4n) is 2.10. The standard InChI is InChI=1S/C9H18O2S/c1-4-8-5-12(10,11)6-9(8)7(2)3/h7-9H,4-6H2,1-3H3. The lowest BCUT2D eigenvalue weighted by molar-refractivity contribution is 0.314. The van der Waals surface area contributed by atoms with Crippen LogP contribution in [0.4, 0.5) is 0 Å². The minimum atomic E-state index is -2.70. The van der Waals surface area contributed by atoms with Gasteiger partial charge < -0.3 is 0 Å². The van der Waals surface area contributed by atoms with Gasteiger partial charge in [-0.3, -0.25) is 0 Å². The van der Waals surface area contributed by atoms with E-state index in [0.717, 1.165) is 6.42 Å². The molecule has 1 aliphatic rings. The molecule has 0 amide bonds. The zero-order valence-corrected chi connectivity index (χ0v) is 8.89. The van der Waals surface area contributed by atoms with E-state index >= 15 is 0 Å².